The lowest BCUT2D eigenvalue weighted by Gasteiger charge is -2.09. The monoisotopic (exact) mass is 397 g/mol. The van der Waals surface area contributed by atoms with Gasteiger partial charge in [-0.2, -0.15) is 0 Å². The first-order chi connectivity index (χ1) is 13.0. The molecule has 0 aliphatic carbocycles. The van der Waals surface area contributed by atoms with Crippen LogP contribution in [-0.2, 0) is 0 Å². The zero-order valence-corrected chi connectivity index (χ0v) is 16.2. The van der Waals surface area contributed by atoms with Crippen LogP contribution in [0.4, 0.5) is 5.69 Å². The first-order valence-corrected chi connectivity index (χ1v) is 9.34. The minimum atomic E-state index is -0.361. The molecule has 4 aromatic rings. The second-order valence-corrected chi connectivity index (χ2v) is 7.65. The SMILES string of the molecule is COc1ccccc1NC(=O)c1sc(=S)n2c1[nH]c(=O)c1cc(C)ccc12. The minimum absolute atomic E-state index is 0.257. The Bertz CT molecular complexity index is 1320. The smallest absolute Gasteiger partial charge is 0.269 e. The summed E-state index contributed by atoms with van der Waals surface area (Å²) in [5, 5.41) is 3.36. The number of aryl methyl sites for hydroxylation is 1. The number of carbonyl (C=O) groups is 1. The van der Waals surface area contributed by atoms with E-state index in [1.54, 1.807) is 22.6 Å². The molecule has 0 saturated heterocycles. The summed E-state index contributed by atoms with van der Waals surface area (Å²) in [7, 11) is 1.54. The molecule has 2 aromatic heterocycles. The van der Waals surface area contributed by atoms with Crippen molar-refractivity contribution in [3.8, 4) is 5.75 Å². The number of thiazole rings is 1. The molecule has 0 unspecified atom stereocenters. The maximum absolute atomic E-state index is 12.9. The Labute approximate surface area is 163 Å². The van der Waals surface area contributed by atoms with Gasteiger partial charge >= 0.3 is 0 Å². The molecule has 0 fully saturated rings. The van der Waals surface area contributed by atoms with Crippen LogP contribution >= 0.6 is 23.6 Å². The van der Waals surface area contributed by atoms with Crippen molar-refractivity contribution in [1.82, 2.24) is 9.38 Å². The highest BCUT2D eigenvalue weighted by molar-refractivity contribution is 7.73. The molecule has 2 aromatic carbocycles. The second kappa shape index (κ2) is 6.64. The fraction of sp³-hybridized carbons (Fsp3) is 0.105. The third-order valence-electron chi connectivity index (χ3n) is 4.24. The number of anilines is 1. The van der Waals surface area contributed by atoms with E-state index in [1.165, 1.54) is 7.11 Å². The number of nitrogens with one attached hydrogen (secondary N) is 2. The fourth-order valence-electron chi connectivity index (χ4n) is 2.99. The Morgan fingerprint density at radius 2 is 2.04 bits per heavy atom. The van der Waals surface area contributed by atoms with Crippen molar-refractivity contribution in [3.05, 3.63) is 67.2 Å². The summed E-state index contributed by atoms with van der Waals surface area (Å²) < 4.78 is 7.48. The molecular formula is C19H15N3O3S2. The normalized spacial score (nSPS) is 11.0. The van der Waals surface area contributed by atoms with Crippen molar-refractivity contribution in [2.45, 2.75) is 6.92 Å². The molecule has 0 spiro atoms. The van der Waals surface area contributed by atoms with Crippen molar-refractivity contribution in [2.75, 3.05) is 12.4 Å². The van der Waals surface area contributed by atoms with Crippen LogP contribution in [0.15, 0.2) is 47.3 Å². The van der Waals surface area contributed by atoms with Crippen LogP contribution in [-0.4, -0.2) is 22.4 Å². The van der Waals surface area contributed by atoms with Gasteiger partial charge in [0.05, 0.1) is 23.7 Å². The predicted molar refractivity (Wildman–Crippen MR) is 110 cm³/mol. The highest BCUT2D eigenvalue weighted by Gasteiger charge is 2.19. The van der Waals surface area contributed by atoms with Gasteiger partial charge < -0.3 is 15.0 Å². The minimum Gasteiger partial charge on any atom is -0.495 e. The molecule has 0 aliphatic rings. The van der Waals surface area contributed by atoms with Crippen molar-refractivity contribution in [2.24, 2.45) is 0 Å². The van der Waals surface area contributed by atoms with Gasteiger partial charge in [0.15, 0.2) is 3.95 Å². The number of rotatable bonds is 3. The summed E-state index contributed by atoms with van der Waals surface area (Å²) in [6, 6.07) is 12.7. The molecule has 8 heteroatoms. The zero-order valence-electron chi connectivity index (χ0n) is 14.5. The van der Waals surface area contributed by atoms with Crippen molar-refractivity contribution in [1.29, 1.82) is 0 Å². The molecule has 27 heavy (non-hydrogen) atoms. The predicted octanol–water partition coefficient (Wildman–Crippen LogP) is 4.14. The van der Waals surface area contributed by atoms with Crippen LogP contribution in [0.1, 0.15) is 15.2 Å². The van der Waals surface area contributed by atoms with Crippen molar-refractivity contribution in [3.63, 3.8) is 0 Å². The summed E-state index contributed by atoms with van der Waals surface area (Å²) in [5.41, 5.74) is 2.33. The number of nitrogens with zero attached hydrogens (tertiary/aromatic N) is 1. The Hall–Kier alpha value is -2.97. The van der Waals surface area contributed by atoms with Gasteiger partial charge in [-0.25, -0.2) is 0 Å². The lowest BCUT2D eigenvalue weighted by molar-refractivity contribution is 0.103. The van der Waals surface area contributed by atoms with Crippen LogP contribution in [0.3, 0.4) is 0 Å². The highest BCUT2D eigenvalue weighted by atomic mass is 32.1. The van der Waals surface area contributed by atoms with Gasteiger partial charge in [0.25, 0.3) is 11.5 Å². The van der Waals surface area contributed by atoms with E-state index in [9.17, 15) is 9.59 Å². The van der Waals surface area contributed by atoms with E-state index in [-0.39, 0.29) is 11.5 Å². The first kappa shape index (κ1) is 17.4. The highest BCUT2D eigenvalue weighted by Crippen LogP contribution is 2.27. The number of amides is 1. The summed E-state index contributed by atoms with van der Waals surface area (Å²) >= 11 is 6.62. The Morgan fingerprint density at radius 3 is 2.81 bits per heavy atom. The van der Waals surface area contributed by atoms with Crippen LogP contribution in [0.5, 0.6) is 5.75 Å². The number of aromatic nitrogens is 2. The molecule has 136 valence electrons. The molecule has 0 atom stereocenters. The molecule has 0 aliphatic heterocycles. The molecule has 1 amide bonds. The van der Waals surface area contributed by atoms with Crippen molar-refractivity contribution >= 4 is 51.7 Å². The summed E-state index contributed by atoms with van der Waals surface area (Å²) in [6.07, 6.45) is 0. The second-order valence-electron chi connectivity index (χ2n) is 6.01. The van der Waals surface area contributed by atoms with Gasteiger partial charge in [-0.1, -0.05) is 35.1 Å². The van der Waals surface area contributed by atoms with Crippen LogP contribution < -0.4 is 15.6 Å². The number of H-pyrrole nitrogens is 1. The number of fused-ring (bicyclic) bond motifs is 3. The topological polar surface area (TPSA) is 75.6 Å². The van der Waals surface area contributed by atoms with E-state index in [4.69, 9.17) is 17.0 Å². The maximum Gasteiger partial charge on any atom is 0.269 e. The number of ether oxygens (including phenoxy) is 1. The summed E-state index contributed by atoms with van der Waals surface area (Å²) in [5.74, 6) is 0.188. The van der Waals surface area contributed by atoms with Crippen LogP contribution in [0.2, 0.25) is 0 Å². The number of hydrogen-bond donors (Lipinski definition) is 2. The Morgan fingerprint density at radius 1 is 1.26 bits per heavy atom. The van der Waals surface area contributed by atoms with Gasteiger partial charge in [-0.15, -0.1) is 0 Å². The molecule has 0 bridgehead atoms. The van der Waals surface area contributed by atoms with E-state index < -0.39 is 0 Å². The van der Waals surface area contributed by atoms with Gasteiger partial charge in [0, 0.05) is 0 Å². The van der Waals surface area contributed by atoms with Crippen LogP contribution in [0, 0.1) is 10.9 Å². The number of benzene rings is 2. The first-order valence-electron chi connectivity index (χ1n) is 8.12. The third kappa shape index (κ3) is 2.92. The lowest BCUT2D eigenvalue weighted by Crippen LogP contribution is -2.15. The molecule has 6 nitrogen and oxygen atoms in total. The molecule has 2 N–H and O–H groups in total. The molecule has 4 rings (SSSR count). The Balaban J connectivity index is 1.89. The van der Waals surface area contributed by atoms with E-state index in [2.05, 4.69) is 10.3 Å². The lowest BCUT2D eigenvalue weighted by atomic mass is 10.1. The number of methoxy groups -OCH3 is 1. The van der Waals surface area contributed by atoms with E-state index in [0.717, 1.165) is 16.9 Å². The standard InChI is InChI=1S/C19H15N3O3S2/c1-10-7-8-13-11(9-10)17(23)21-16-15(27-19(26)22(13)16)18(24)20-12-5-3-4-6-14(12)25-2/h3-9H,1-2H3,(H,20,24)(H,21,23). The number of para-hydroxylation sites is 2. The number of hydrogen-bond acceptors (Lipinski definition) is 5. The fourth-order valence-corrected chi connectivity index (χ4v) is 4.27. The van der Waals surface area contributed by atoms with E-state index in [0.29, 0.717) is 36.8 Å². The van der Waals surface area contributed by atoms with Crippen molar-refractivity contribution < 1.29 is 9.53 Å². The number of carbonyl (C=O) groups excluding carboxylic acids is 1. The largest absolute Gasteiger partial charge is 0.495 e. The maximum atomic E-state index is 12.9. The van der Waals surface area contributed by atoms with Gasteiger partial charge in [-0.3, -0.25) is 14.0 Å². The quantitative estimate of drug-likeness (QED) is 0.510. The van der Waals surface area contributed by atoms with E-state index in [1.807, 2.05) is 31.2 Å². The van der Waals surface area contributed by atoms with Crippen LogP contribution in [0.25, 0.3) is 16.6 Å². The molecule has 2 heterocycles. The molecular weight excluding hydrogens is 382 g/mol. The zero-order chi connectivity index (χ0) is 19.1. The van der Waals surface area contributed by atoms with Gasteiger partial charge in [0.1, 0.15) is 16.3 Å². The van der Waals surface area contributed by atoms with Gasteiger partial charge in [0.2, 0.25) is 0 Å². The van der Waals surface area contributed by atoms with Gasteiger partial charge in [-0.05, 0) is 43.4 Å². The Kier molecular flexibility index (Phi) is 4.29. The summed E-state index contributed by atoms with van der Waals surface area (Å²) in [4.78, 5) is 28.6. The average molecular weight is 397 g/mol. The average Bonchev–Trinajstić information content (AvgIpc) is 2.99. The summed E-state index contributed by atoms with van der Waals surface area (Å²) in [6.45, 7) is 1.92. The molecule has 0 saturated carbocycles. The molecule has 0 radical (unpaired) electrons. The van der Waals surface area contributed by atoms with E-state index >= 15 is 0 Å². The number of aromatic amines is 1. The third-order valence-corrected chi connectivity index (χ3v) is 5.61.